The van der Waals surface area contributed by atoms with Gasteiger partial charge in [0.15, 0.2) is 0 Å². The van der Waals surface area contributed by atoms with Crippen molar-refractivity contribution in [2.75, 3.05) is 25.2 Å². The average molecular weight is 329 g/mol. The van der Waals surface area contributed by atoms with Crippen molar-refractivity contribution in [3.8, 4) is 0 Å². The molecular weight excluding hydrogens is 304 g/mol. The normalized spacial score (nSPS) is 14.2. The maximum absolute atomic E-state index is 5.84. The van der Waals surface area contributed by atoms with Gasteiger partial charge in [-0.15, -0.1) is 0 Å². The molecule has 0 amide bonds. The van der Waals surface area contributed by atoms with Gasteiger partial charge in [0, 0.05) is 30.2 Å². The SMILES string of the molecule is CCN(c1ccc(CC(C)N)cc1Br)C(C)COC. The van der Waals surface area contributed by atoms with E-state index in [9.17, 15) is 0 Å². The van der Waals surface area contributed by atoms with E-state index >= 15 is 0 Å². The first kappa shape index (κ1) is 16.5. The van der Waals surface area contributed by atoms with Crippen LogP contribution >= 0.6 is 15.9 Å². The number of ether oxygens (including phenoxy) is 1. The predicted molar refractivity (Wildman–Crippen MR) is 85.9 cm³/mol. The van der Waals surface area contributed by atoms with Gasteiger partial charge < -0.3 is 15.4 Å². The van der Waals surface area contributed by atoms with Gasteiger partial charge in [0.2, 0.25) is 0 Å². The number of nitrogens with zero attached hydrogens (tertiary/aromatic N) is 1. The summed E-state index contributed by atoms with van der Waals surface area (Å²) in [6.07, 6.45) is 0.901. The third kappa shape index (κ3) is 4.79. The Balaban J connectivity index is 2.93. The maximum atomic E-state index is 5.84. The fourth-order valence-electron chi connectivity index (χ4n) is 2.33. The third-order valence-corrected chi connectivity index (χ3v) is 3.79. The van der Waals surface area contributed by atoms with E-state index < -0.39 is 0 Å². The van der Waals surface area contributed by atoms with E-state index in [0.717, 1.165) is 24.0 Å². The summed E-state index contributed by atoms with van der Waals surface area (Å²) >= 11 is 3.67. The van der Waals surface area contributed by atoms with Crippen molar-refractivity contribution < 1.29 is 4.74 Å². The molecule has 1 aromatic carbocycles. The highest BCUT2D eigenvalue weighted by Crippen LogP contribution is 2.29. The molecule has 0 aromatic heterocycles. The van der Waals surface area contributed by atoms with Gasteiger partial charge in [-0.2, -0.15) is 0 Å². The van der Waals surface area contributed by atoms with Crippen LogP contribution in [-0.4, -0.2) is 32.3 Å². The second-order valence-electron chi connectivity index (χ2n) is 5.06. The van der Waals surface area contributed by atoms with Crippen molar-refractivity contribution in [3.05, 3.63) is 28.2 Å². The Kier molecular flexibility index (Phi) is 6.83. The van der Waals surface area contributed by atoms with E-state index in [1.54, 1.807) is 7.11 Å². The van der Waals surface area contributed by atoms with Crippen molar-refractivity contribution >= 4 is 21.6 Å². The summed E-state index contributed by atoms with van der Waals surface area (Å²) < 4.78 is 6.37. The highest BCUT2D eigenvalue weighted by molar-refractivity contribution is 9.10. The number of nitrogens with two attached hydrogens (primary N) is 1. The van der Waals surface area contributed by atoms with Gasteiger partial charge in [-0.25, -0.2) is 0 Å². The molecule has 0 bridgehead atoms. The molecule has 1 rings (SSSR count). The largest absolute Gasteiger partial charge is 0.383 e. The molecule has 1 aromatic rings. The topological polar surface area (TPSA) is 38.5 Å². The van der Waals surface area contributed by atoms with E-state index in [4.69, 9.17) is 10.5 Å². The van der Waals surface area contributed by atoms with E-state index in [-0.39, 0.29) is 6.04 Å². The lowest BCUT2D eigenvalue weighted by Gasteiger charge is -2.31. The third-order valence-electron chi connectivity index (χ3n) is 3.16. The molecule has 108 valence electrons. The number of likely N-dealkylation sites (N-methyl/N-ethyl adjacent to an activating group) is 1. The highest BCUT2D eigenvalue weighted by atomic mass is 79.9. The maximum Gasteiger partial charge on any atom is 0.0663 e. The van der Waals surface area contributed by atoms with Crippen LogP contribution in [0.3, 0.4) is 0 Å². The Bertz CT molecular complexity index is 396. The summed E-state index contributed by atoms with van der Waals surface area (Å²) in [6.45, 7) is 8.04. The molecule has 4 heteroatoms. The molecule has 0 aliphatic heterocycles. The van der Waals surface area contributed by atoms with Gasteiger partial charge in [0.1, 0.15) is 0 Å². The number of hydrogen-bond donors (Lipinski definition) is 1. The van der Waals surface area contributed by atoms with Crippen LogP contribution in [0.25, 0.3) is 0 Å². The minimum Gasteiger partial charge on any atom is -0.383 e. The second kappa shape index (κ2) is 7.88. The van der Waals surface area contributed by atoms with Gasteiger partial charge in [-0.3, -0.25) is 0 Å². The predicted octanol–water partition coefficient (Wildman–Crippen LogP) is 3.20. The lowest BCUT2D eigenvalue weighted by molar-refractivity contribution is 0.182. The molecule has 0 heterocycles. The molecule has 0 saturated carbocycles. The molecule has 2 unspecified atom stereocenters. The van der Waals surface area contributed by atoms with Gasteiger partial charge in [-0.1, -0.05) is 6.07 Å². The van der Waals surface area contributed by atoms with Crippen molar-refractivity contribution in [2.24, 2.45) is 5.73 Å². The molecule has 0 radical (unpaired) electrons. The molecule has 2 N–H and O–H groups in total. The fraction of sp³-hybridized carbons (Fsp3) is 0.600. The van der Waals surface area contributed by atoms with Crippen LogP contribution in [0.15, 0.2) is 22.7 Å². The summed E-state index contributed by atoms with van der Waals surface area (Å²) in [7, 11) is 1.74. The molecule has 0 aliphatic rings. The Morgan fingerprint density at radius 2 is 2.05 bits per heavy atom. The van der Waals surface area contributed by atoms with Crippen molar-refractivity contribution in [3.63, 3.8) is 0 Å². The first-order valence-corrected chi connectivity index (χ1v) is 7.58. The lowest BCUT2D eigenvalue weighted by atomic mass is 10.1. The van der Waals surface area contributed by atoms with Crippen molar-refractivity contribution in [1.29, 1.82) is 0 Å². The number of halogens is 1. The molecule has 0 saturated heterocycles. The van der Waals surface area contributed by atoms with E-state index in [1.165, 1.54) is 11.3 Å². The summed E-state index contributed by atoms with van der Waals surface area (Å²) in [6, 6.07) is 7.03. The van der Waals surface area contributed by atoms with Crippen LogP contribution in [0.1, 0.15) is 26.3 Å². The Hall–Kier alpha value is -0.580. The molecule has 2 atom stereocenters. The monoisotopic (exact) mass is 328 g/mol. The Morgan fingerprint density at radius 1 is 1.37 bits per heavy atom. The van der Waals surface area contributed by atoms with Gasteiger partial charge in [-0.05, 0) is 60.8 Å². The zero-order chi connectivity index (χ0) is 14.4. The van der Waals surface area contributed by atoms with E-state index in [0.29, 0.717) is 6.04 Å². The number of benzene rings is 1. The summed E-state index contributed by atoms with van der Waals surface area (Å²) in [5, 5.41) is 0. The molecule has 0 fully saturated rings. The first-order valence-electron chi connectivity index (χ1n) is 6.79. The molecule has 0 aliphatic carbocycles. The zero-order valence-corrected chi connectivity index (χ0v) is 13.9. The van der Waals surface area contributed by atoms with Crippen molar-refractivity contribution in [1.82, 2.24) is 0 Å². The van der Waals surface area contributed by atoms with Crippen molar-refractivity contribution in [2.45, 2.75) is 39.3 Å². The number of anilines is 1. The van der Waals surface area contributed by atoms with Gasteiger partial charge in [0.05, 0.1) is 12.3 Å². The fourth-order valence-corrected chi connectivity index (χ4v) is 2.99. The standard InChI is InChI=1S/C15H25BrN2O/c1-5-18(12(3)10-19-4)15-7-6-13(8-11(2)17)9-14(15)16/h6-7,9,11-12H,5,8,10,17H2,1-4H3. The van der Waals surface area contributed by atoms with Crippen LogP contribution < -0.4 is 10.6 Å². The first-order chi connectivity index (χ1) is 8.99. The van der Waals surface area contributed by atoms with E-state index in [1.807, 2.05) is 6.92 Å². The van der Waals surface area contributed by atoms with Crippen LogP contribution in [-0.2, 0) is 11.2 Å². The number of methoxy groups -OCH3 is 1. The molecule has 19 heavy (non-hydrogen) atoms. The molecular formula is C15H25BrN2O. The Morgan fingerprint density at radius 3 is 2.53 bits per heavy atom. The van der Waals surface area contributed by atoms with E-state index in [2.05, 4.69) is 52.9 Å². The lowest BCUT2D eigenvalue weighted by Crippen LogP contribution is -2.36. The van der Waals surface area contributed by atoms with Gasteiger partial charge in [0.25, 0.3) is 0 Å². The summed E-state index contributed by atoms with van der Waals surface area (Å²) in [5.41, 5.74) is 8.32. The quantitative estimate of drug-likeness (QED) is 0.835. The summed E-state index contributed by atoms with van der Waals surface area (Å²) in [4.78, 5) is 2.34. The molecule has 3 nitrogen and oxygen atoms in total. The van der Waals surface area contributed by atoms with Crippen LogP contribution in [0.2, 0.25) is 0 Å². The molecule has 0 spiro atoms. The minimum atomic E-state index is 0.187. The Labute approximate surface area is 125 Å². The van der Waals surface area contributed by atoms with Crippen LogP contribution in [0.5, 0.6) is 0 Å². The number of hydrogen-bond acceptors (Lipinski definition) is 3. The second-order valence-corrected chi connectivity index (χ2v) is 5.91. The average Bonchev–Trinajstić information content (AvgIpc) is 2.32. The summed E-state index contributed by atoms with van der Waals surface area (Å²) in [5.74, 6) is 0. The highest BCUT2D eigenvalue weighted by Gasteiger charge is 2.15. The number of rotatable bonds is 7. The zero-order valence-electron chi connectivity index (χ0n) is 12.3. The smallest absolute Gasteiger partial charge is 0.0663 e. The van der Waals surface area contributed by atoms with Crippen LogP contribution in [0.4, 0.5) is 5.69 Å². The van der Waals surface area contributed by atoms with Crippen LogP contribution in [0, 0.1) is 0 Å². The minimum absolute atomic E-state index is 0.187. The van der Waals surface area contributed by atoms with Gasteiger partial charge >= 0.3 is 0 Å².